The lowest BCUT2D eigenvalue weighted by Gasteiger charge is -2.11. The number of carbonyl (C=O) groups is 2. The first-order chi connectivity index (χ1) is 12.1. The Morgan fingerprint density at radius 3 is 2.24 bits per heavy atom. The first-order valence-electron chi connectivity index (χ1n) is 7.56. The van der Waals surface area contributed by atoms with Crippen LogP contribution in [0.4, 0.5) is 5.69 Å². The second-order valence-electron chi connectivity index (χ2n) is 5.22. The summed E-state index contributed by atoms with van der Waals surface area (Å²) in [5.41, 5.74) is 1.25. The normalized spacial score (nSPS) is 10.1. The fourth-order valence-electron chi connectivity index (χ4n) is 2.22. The molecule has 0 saturated heterocycles. The lowest BCUT2D eigenvalue weighted by molar-refractivity contribution is 0.0734. The molecule has 0 aliphatic carbocycles. The molecule has 3 rings (SSSR count). The lowest BCUT2D eigenvalue weighted by atomic mass is 10.2. The van der Waals surface area contributed by atoms with Gasteiger partial charge in [0.05, 0.1) is 11.3 Å². The second kappa shape index (κ2) is 7.64. The maximum absolute atomic E-state index is 12.3. The van der Waals surface area contributed by atoms with Gasteiger partial charge in [0, 0.05) is 10.6 Å². The fraction of sp³-hybridized carbons (Fsp3) is 0. The minimum atomic E-state index is -0.552. The van der Waals surface area contributed by atoms with E-state index in [1.807, 2.05) is 6.07 Å². The number of esters is 1. The lowest BCUT2D eigenvalue weighted by Crippen LogP contribution is -2.14. The van der Waals surface area contributed by atoms with E-state index in [0.29, 0.717) is 21.8 Å². The van der Waals surface area contributed by atoms with Crippen molar-refractivity contribution in [3.8, 4) is 5.75 Å². The third-order valence-corrected chi connectivity index (χ3v) is 3.67. The molecule has 0 spiro atoms. The highest BCUT2D eigenvalue weighted by Gasteiger charge is 2.14. The molecular formula is C20H14ClNO3. The van der Waals surface area contributed by atoms with Crippen LogP contribution >= 0.6 is 11.6 Å². The predicted octanol–water partition coefficient (Wildman–Crippen LogP) is 4.81. The molecule has 124 valence electrons. The summed E-state index contributed by atoms with van der Waals surface area (Å²) in [4.78, 5) is 24.6. The van der Waals surface area contributed by atoms with Gasteiger partial charge in [0.2, 0.25) is 0 Å². The van der Waals surface area contributed by atoms with Crippen LogP contribution in [-0.2, 0) is 0 Å². The van der Waals surface area contributed by atoms with Crippen molar-refractivity contribution in [3.63, 3.8) is 0 Å². The molecule has 0 heterocycles. The maximum atomic E-state index is 12.3. The molecule has 0 radical (unpaired) electrons. The fourth-order valence-corrected chi connectivity index (χ4v) is 2.41. The van der Waals surface area contributed by atoms with Crippen molar-refractivity contribution in [2.24, 2.45) is 0 Å². The van der Waals surface area contributed by atoms with Crippen LogP contribution in [0.3, 0.4) is 0 Å². The number of nitrogens with one attached hydrogen (secondary N) is 1. The van der Waals surface area contributed by atoms with E-state index in [2.05, 4.69) is 5.32 Å². The molecule has 3 aromatic rings. The smallest absolute Gasteiger partial charge is 0.343 e. The van der Waals surface area contributed by atoms with Crippen molar-refractivity contribution in [2.75, 3.05) is 5.32 Å². The van der Waals surface area contributed by atoms with Crippen LogP contribution in [-0.4, -0.2) is 11.9 Å². The van der Waals surface area contributed by atoms with E-state index in [0.717, 1.165) is 0 Å². The Hall–Kier alpha value is -3.11. The third-order valence-electron chi connectivity index (χ3n) is 3.43. The molecule has 0 fully saturated rings. The molecule has 5 heteroatoms. The van der Waals surface area contributed by atoms with E-state index < -0.39 is 5.97 Å². The van der Waals surface area contributed by atoms with Gasteiger partial charge in [0.25, 0.3) is 5.91 Å². The van der Waals surface area contributed by atoms with E-state index in [1.54, 1.807) is 66.7 Å². The van der Waals surface area contributed by atoms with Crippen LogP contribution in [0.2, 0.25) is 5.02 Å². The van der Waals surface area contributed by atoms with Crippen molar-refractivity contribution in [2.45, 2.75) is 0 Å². The number of benzene rings is 3. The predicted molar refractivity (Wildman–Crippen MR) is 97.2 cm³/mol. The highest BCUT2D eigenvalue weighted by Crippen LogP contribution is 2.25. The molecule has 0 aliphatic heterocycles. The molecular weight excluding hydrogens is 338 g/mol. The number of halogens is 1. The standard InChI is InChI=1S/C20H14ClNO3/c21-16-10-6-9-15(13-16)20(24)25-18-12-5-4-11-17(18)22-19(23)14-7-2-1-3-8-14/h1-13H,(H,22,23). The Balaban J connectivity index is 1.79. The van der Waals surface area contributed by atoms with Gasteiger partial charge in [-0.3, -0.25) is 4.79 Å². The monoisotopic (exact) mass is 351 g/mol. The summed E-state index contributed by atoms with van der Waals surface area (Å²) in [5.74, 6) is -0.576. The molecule has 3 aromatic carbocycles. The molecule has 25 heavy (non-hydrogen) atoms. The van der Waals surface area contributed by atoms with Gasteiger partial charge in [-0.1, -0.05) is 48.0 Å². The summed E-state index contributed by atoms with van der Waals surface area (Å²) in [7, 11) is 0. The summed E-state index contributed by atoms with van der Waals surface area (Å²) in [6.07, 6.45) is 0. The average Bonchev–Trinajstić information content (AvgIpc) is 2.64. The van der Waals surface area contributed by atoms with Gasteiger partial charge >= 0.3 is 5.97 Å². The summed E-state index contributed by atoms with van der Waals surface area (Å²) in [6.45, 7) is 0. The van der Waals surface area contributed by atoms with Gasteiger partial charge in [0.15, 0.2) is 5.75 Å². The molecule has 0 aliphatic rings. The molecule has 4 nitrogen and oxygen atoms in total. The molecule has 1 amide bonds. The van der Waals surface area contributed by atoms with Crippen LogP contribution < -0.4 is 10.1 Å². The minimum Gasteiger partial charge on any atom is -0.421 e. The summed E-state index contributed by atoms with van der Waals surface area (Å²) < 4.78 is 5.41. The summed E-state index contributed by atoms with van der Waals surface area (Å²) in [5, 5.41) is 3.20. The van der Waals surface area contributed by atoms with Gasteiger partial charge < -0.3 is 10.1 Å². The van der Waals surface area contributed by atoms with Crippen molar-refractivity contribution in [1.29, 1.82) is 0 Å². The van der Waals surface area contributed by atoms with Gasteiger partial charge in [-0.05, 0) is 42.5 Å². The molecule has 0 bridgehead atoms. The number of ether oxygens (including phenoxy) is 1. The highest BCUT2D eigenvalue weighted by molar-refractivity contribution is 6.30. The Kier molecular flexibility index (Phi) is 5.11. The first kappa shape index (κ1) is 16.7. The van der Waals surface area contributed by atoms with Crippen LogP contribution in [0.1, 0.15) is 20.7 Å². The van der Waals surface area contributed by atoms with Crippen molar-refractivity contribution in [1.82, 2.24) is 0 Å². The second-order valence-corrected chi connectivity index (χ2v) is 5.65. The number of hydrogen-bond donors (Lipinski definition) is 1. The number of para-hydroxylation sites is 2. The third kappa shape index (κ3) is 4.25. The Morgan fingerprint density at radius 1 is 0.800 bits per heavy atom. The van der Waals surface area contributed by atoms with Crippen LogP contribution in [0.5, 0.6) is 5.75 Å². The largest absolute Gasteiger partial charge is 0.421 e. The SMILES string of the molecule is O=C(Nc1ccccc1OC(=O)c1cccc(Cl)c1)c1ccccc1. The van der Waals surface area contributed by atoms with E-state index in [9.17, 15) is 9.59 Å². The Bertz CT molecular complexity index is 910. The summed E-state index contributed by atoms with van der Waals surface area (Å²) in [6, 6.07) is 22.0. The minimum absolute atomic E-state index is 0.261. The number of anilines is 1. The number of carbonyl (C=O) groups excluding carboxylic acids is 2. The van der Waals surface area contributed by atoms with Crippen LogP contribution in [0, 0.1) is 0 Å². The number of rotatable bonds is 4. The van der Waals surface area contributed by atoms with Gasteiger partial charge in [-0.15, -0.1) is 0 Å². The molecule has 1 N–H and O–H groups in total. The maximum Gasteiger partial charge on any atom is 0.343 e. The van der Waals surface area contributed by atoms with E-state index >= 15 is 0 Å². The zero-order chi connectivity index (χ0) is 17.6. The van der Waals surface area contributed by atoms with Crippen LogP contribution in [0.25, 0.3) is 0 Å². The van der Waals surface area contributed by atoms with E-state index in [4.69, 9.17) is 16.3 Å². The number of hydrogen-bond acceptors (Lipinski definition) is 3. The molecule has 0 atom stereocenters. The highest BCUT2D eigenvalue weighted by atomic mass is 35.5. The van der Waals surface area contributed by atoms with Gasteiger partial charge in [-0.25, -0.2) is 4.79 Å². The first-order valence-corrected chi connectivity index (χ1v) is 7.94. The zero-order valence-corrected chi connectivity index (χ0v) is 13.9. The molecule has 0 saturated carbocycles. The average molecular weight is 352 g/mol. The zero-order valence-electron chi connectivity index (χ0n) is 13.1. The molecule has 0 aromatic heterocycles. The van der Waals surface area contributed by atoms with E-state index in [1.165, 1.54) is 6.07 Å². The Morgan fingerprint density at radius 2 is 1.48 bits per heavy atom. The quantitative estimate of drug-likeness (QED) is 0.542. The van der Waals surface area contributed by atoms with Gasteiger partial charge in [0.1, 0.15) is 0 Å². The topological polar surface area (TPSA) is 55.4 Å². The van der Waals surface area contributed by atoms with Crippen molar-refractivity contribution < 1.29 is 14.3 Å². The van der Waals surface area contributed by atoms with Crippen molar-refractivity contribution in [3.05, 3.63) is 95.0 Å². The number of amides is 1. The Labute approximate surface area is 150 Å². The molecule has 0 unspecified atom stereocenters. The van der Waals surface area contributed by atoms with Gasteiger partial charge in [-0.2, -0.15) is 0 Å². The van der Waals surface area contributed by atoms with Crippen molar-refractivity contribution >= 4 is 29.2 Å². The van der Waals surface area contributed by atoms with Crippen LogP contribution in [0.15, 0.2) is 78.9 Å². The van der Waals surface area contributed by atoms with E-state index in [-0.39, 0.29) is 11.7 Å². The summed E-state index contributed by atoms with van der Waals surface area (Å²) >= 11 is 5.90.